The van der Waals surface area contributed by atoms with E-state index in [9.17, 15) is 4.79 Å². The molecule has 1 unspecified atom stereocenters. The Labute approximate surface area is 128 Å². The first-order valence-electron chi connectivity index (χ1n) is 6.73. The Morgan fingerprint density at radius 3 is 2.62 bits per heavy atom. The lowest BCUT2D eigenvalue weighted by molar-refractivity contribution is 0.0601. The van der Waals surface area contributed by atoms with Crippen LogP contribution >= 0.6 is 11.3 Å². The van der Waals surface area contributed by atoms with Gasteiger partial charge in [-0.3, -0.25) is 0 Å². The quantitative estimate of drug-likeness (QED) is 0.664. The minimum Gasteiger partial charge on any atom is -0.465 e. The van der Waals surface area contributed by atoms with Crippen molar-refractivity contribution < 1.29 is 9.53 Å². The Balaban J connectivity index is 2.26. The van der Waals surface area contributed by atoms with Crippen LogP contribution in [0.5, 0.6) is 0 Å². The lowest BCUT2D eigenvalue weighted by Crippen LogP contribution is -2.10. The fourth-order valence-electron chi connectivity index (χ4n) is 2.32. The minimum absolute atomic E-state index is 0.116. The summed E-state index contributed by atoms with van der Waals surface area (Å²) in [6.45, 7) is 6.29. The van der Waals surface area contributed by atoms with E-state index in [0.717, 1.165) is 5.69 Å². The van der Waals surface area contributed by atoms with E-state index < -0.39 is 0 Å². The van der Waals surface area contributed by atoms with E-state index in [0.29, 0.717) is 11.3 Å². The Kier molecular flexibility index (Phi) is 4.53. The number of benzene rings is 1. The van der Waals surface area contributed by atoms with Crippen molar-refractivity contribution in [3.8, 4) is 0 Å². The Hall–Kier alpha value is -2.01. The van der Waals surface area contributed by atoms with Gasteiger partial charge in [-0.2, -0.15) is 0 Å². The van der Waals surface area contributed by atoms with Gasteiger partial charge in [0.1, 0.15) is 0 Å². The van der Waals surface area contributed by atoms with Crippen LogP contribution in [0.2, 0.25) is 0 Å². The molecule has 1 aromatic carbocycles. The third-order valence-electron chi connectivity index (χ3n) is 3.39. The maximum absolute atomic E-state index is 11.6. The number of nitrogens with one attached hydrogen (secondary N) is 1. The van der Waals surface area contributed by atoms with E-state index in [1.807, 2.05) is 0 Å². The number of hydrogen-bond acceptors (Lipinski definition) is 5. The van der Waals surface area contributed by atoms with Crippen molar-refractivity contribution in [2.45, 2.75) is 26.8 Å². The molecule has 2 rings (SSSR count). The van der Waals surface area contributed by atoms with Crippen LogP contribution in [0, 0.1) is 13.8 Å². The van der Waals surface area contributed by atoms with Crippen molar-refractivity contribution in [3.05, 3.63) is 45.1 Å². The van der Waals surface area contributed by atoms with Gasteiger partial charge in [-0.15, -0.1) is 11.3 Å². The number of anilines is 2. The summed E-state index contributed by atoms with van der Waals surface area (Å²) in [5.74, 6) is -0.367. The van der Waals surface area contributed by atoms with Gasteiger partial charge in [-0.05, 0) is 50.6 Å². The van der Waals surface area contributed by atoms with Gasteiger partial charge in [-0.25, -0.2) is 4.79 Å². The molecule has 2 aromatic rings. The molecule has 0 radical (unpaired) electrons. The number of esters is 1. The lowest BCUT2D eigenvalue weighted by Gasteiger charge is -2.17. The summed E-state index contributed by atoms with van der Waals surface area (Å²) in [6, 6.07) is 7.40. The molecule has 0 saturated heterocycles. The van der Waals surface area contributed by atoms with Gasteiger partial charge >= 0.3 is 5.97 Å². The average Bonchev–Trinajstić information content (AvgIpc) is 2.79. The highest BCUT2D eigenvalue weighted by atomic mass is 32.1. The van der Waals surface area contributed by atoms with Gasteiger partial charge in [0, 0.05) is 15.8 Å². The highest BCUT2D eigenvalue weighted by molar-refractivity contribution is 7.12. The van der Waals surface area contributed by atoms with Gasteiger partial charge in [0.15, 0.2) is 0 Å². The van der Waals surface area contributed by atoms with Gasteiger partial charge in [0.05, 0.1) is 24.0 Å². The van der Waals surface area contributed by atoms with Crippen LogP contribution in [0.4, 0.5) is 11.4 Å². The first-order chi connectivity index (χ1) is 9.92. The van der Waals surface area contributed by atoms with Crippen molar-refractivity contribution in [2.24, 2.45) is 0 Å². The Morgan fingerprint density at radius 2 is 2.05 bits per heavy atom. The molecule has 0 bridgehead atoms. The third-order valence-corrected chi connectivity index (χ3v) is 4.37. The molecule has 0 aliphatic rings. The molecular weight excluding hydrogens is 284 g/mol. The number of rotatable bonds is 4. The van der Waals surface area contributed by atoms with Crippen LogP contribution in [0.15, 0.2) is 24.3 Å². The molecule has 112 valence electrons. The number of carbonyl (C=O) groups is 1. The van der Waals surface area contributed by atoms with Gasteiger partial charge in [0.2, 0.25) is 0 Å². The van der Waals surface area contributed by atoms with Crippen LogP contribution < -0.4 is 11.1 Å². The number of aryl methyl sites for hydroxylation is 2. The first kappa shape index (κ1) is 15.4. The number of methoxy groups -OCH3 is 1. The van der Waals surface area contributed by atoms with Crippen molar-refractivity contribution in [2.75, 3.05) is 18.2 Å². The topological polar surface area (TPSA) is 64.3 Å². The zero-order valence-corrected chi connectivity index (χ0v) is 13.5. The number of nitrogens with two attached hydrogens (primary N) is 1. The van der Waals surface area contributed by atoms with E-state index in [1.165, 1.54) is 22.4 Å². The average molecular weight is 304 g/mol. The van der Waals surface area contributed by atoms with Crippen molar-refractivity contribution in [3.63, 3.8) is 0 Å². The lowest BCUT2D eigenvalue weighted by atomic mass is 10.1. The molecule has 0 aliphatic carbocycles. The molecule has 5 heteroatoms. The molecular formula is C16H20N2O2S. The highest BCUT2D eigenvalue weighted by Crippen LogP contribution is 2.30. The summed E-state index contributed by atoms with van der Waals surface area (Å²) in [5.41, 5.74) is 9.08. The summed E-state index contributed by atoms with van der Waals surface area (Å²) in [5, 5.41) is 3.37. The number of carbonyl (C=O) groups excluding carboxylic acids is 1. The second kappa shape index (κ2) is 6.18. The number of hydrogen-bond donors (Lipinski definition) is 2. The maximum atomic E-state index is 11.6. The molecule has 4 nitrogen and oxygen atoms in total. The molecule has 0 spiro atoms. The van der Waals surface area contributed by atoms with Crippen molar-refractivity contribution in [1.29, 1.82) is 0 Å². The van der Waals surface area contributed by atoms with Gasteiger partial charge < -0.3 is 15.8 Å². The maximum Gasteiger partial charge on any atom is 0.337 e. The largest absolute Gasteiger partial charge is 0.465 e. The monoisotopic (exact) mass is 304 g/mol. The molecule has 1 atom stereocenters. The number of nitrogen functional groups attached to an aromatic ring is 1. The Morgan fingerprint density at radius 1 is 1.33 bits per heavy atom. The van der Waals surface area contributed by atoms with Crippen LogP contribution in [-0.2, 0) is 4.74 Å². The van der Waals surface area contributed by atoms with Crippen LogP contribution in [-0.4, -0.2) is 13.1 Å². The number of thiophene rings is 1. The summed E-state index contributed by atoms with van der Waals surface area (Å²) in [4.78, 5) is 14.2. The van der Waals surface area contributed by atoms with Crippen LogP contribution in [0.25, 0.3) is 0 Å². The first-order valence-corrected chi connectivity index (χ1v) is 7.55. The second-order valence-electron chi connectivity index (χ2n) is 5.03. The third kappa shape index (κ3) is 3.36. The summed E-state index contributed by atoms with van der Waals surface area (Å²) in [6.07, 6.45) is 0. The van der Waals surface area contributed by atoms with E-state index in [4.69, 9.17) is 10.5 Å². The van der Waals surface area contributed by atoms with E-state index in [2.05, 4.69) is 32.2 Å². The molecule has 1 aromatic heterocycles. The molecule has 3 N–H and O–H groups in total. The van der Waals surface area contributed by atoms with Crippen molar-refractivity contribution >= 4 is 28.7 Å². The summed E-state index contributed by atoms with van der Waals surface area (Å²) >= 11 is 1.78. The Bertz CT molecular complexity index is 664. The summed E-state index contributed by atoms with van der Waals surface area (Å²) in [7, 11) is 1.37. The molecule has 1 heterocycles. The zero-order valence-electron chi connectivity index (χ0n) is 12.7. The molecule has 21 heavy (non-hydrogen) atoms. The molecule has 0 aliphatic heterocycles. The van der Waals surface area contributed by atoms with E-state index in [-0.39, 0.29) is 12.0 Å². The smallest absolute Gasteiger partial charge is 0.337 e. The minimum atomic E-state index is -0.367. The van der Waals surface area contributed by atoms with E-state index >= 15 is 0 Å². The predicted molar refractivity (Wildman–Crippen MR) is 88.0 cm³/mol. The normalized spacial score (nSPS) is 12.0. The molecule has 0 fully saturated rings. The van der Waals surface area contributed by atoms with Crippen LogP contribution in [0.3, 0.4) is 0 Å². The number of ether oxygens (including phenoxy) is 1. The SMILES string of the molecule is COC(=O)c1ccc(N)c(NC(C)c2cc(C)sc2C)c1. The zero-order chi connectivity index (χ0) is 15.6. The molecule has 0 amide bonds. The van der Waals surface area contributed by atoms with Crippen molar-refractivity contribution in [1.82, 2.24) is 0 Å². The van der Waals surface area contributed by atoms with Crippen LogP contribution in [0.1, 0.15) is 38.6 Å². The standard InChI is InChI=1S/C16H20N2O2S/c1-9-7-13(11(3)21-9)10(2)18-15-8-12(16(19)20-4)5-6-14(15)17/h5-8,10,18H,17H2,1-4H3. The van der Waals surface area contributed by atoms with Gasteiger partial charge in [0.25, 0.3) is 0 Å². The molecule has 0 saturated carbocycles. The van der Waals surface area contributed by atoms with E-state index in [1.54, 1.807) is 29.5 Å². The fraction of sp³-hybridized carbons (Fsp3) is 0.312. The second-order valence-corrected chi connectivity index (χ2v) is 6.49. The predicted octanol–water partition coefficient (Wildman–Crippen LogP) is 3.91. The summed E-state index contributed by atoms with van der Waals surface area (Å²) < 4.78 is 4.74. The fourth-order valence-corrected chi connectivity index (χ4v) is 3.34. The van der Waals surface area contributed by atoms with Gasteiger partial charge in [-0.1, -0.05) is 0 Å². The highest BCUT2D eigenvalue weighted by Gasteiger charge is 2.14.